The predicted octanol–water partition coefficient (Wildman–Crippen LogP) is 5.54. The van der Waals surface area contributed by atoms with Gasteiger partial charge >= 0.3 is 0 Å². The van der Waals surface area contributed by atoms with Crippen molar-refractivity contribution in [3.8, 4) is 0 Å². The fraction of sp³-hybridized carbons (Fsp3) is 0.915. The summed E-state index contributed by atoms with van der Waals surface area (Å²) in [5, 5.41) is 120. The molecule has 78 heavy (non-hydrogen) atoms. The average molecular weight is 1120 g/mol. The molecule has 3 aliphatic heterocycles. The fourth-order valence-electron chi connectivity index (χ4n) is 10.4. The minimum Gasteiger partial charge on any atom is -0.394 e. The molecule has 3 rings (SSSR count). The third-order valence-electron chi connectivity index (χ3n) is 15.5. The van der Waals surface area contributed by atoms with Gasteiger partial charge < -0.3 is 89.9 Å². The maximum Gasteiger partial charge on any atom is 0.220 e. The average Bonchev–Trinajstić information content (AvgIpc) is 3.46. The monoisotopic (exact) mass is 1120 g/mol. The van der Waals surface area contributed by atoms with Gasteiger partial charge in [-0.15, -0.1) is 0 Å². The van der Waals surface area contributed by atoms with Crippen LogP contribution in [0.5, 0.6) is 0 Å². The summed E-state index contributed by atoms with van der Waals surface area (Å²) >= 11 is 0. The molecule has 1 amide bonds. The van der Waals surface area contributed by atoms with Crippen molar-refractivity contribution in [2.45, 2.75) is 317 Å². The van der Waals surface area contributed by atoms with Crippen LogP contribution in [0, 0.1) is 0 Å². The molecule has 0 aliphatic carbocycles. The number of carbonyl (C=O) groups excluding carboxylic acids is 1. The highest BCUT2D eigenvalue weighted by Gasteiger charge is 2.53. The zero-order valence-corrected chi connectivity index (χ0v) is 47.7. The van der Waals surface area contributed by atoms with Crippen LogP contribution in [-0.4, -0.2) is 193 Å². The highest BCUT2D eigenvalue weighted by molar-refractivity contribution is 5.76. The van der Waals surface area contributed by atoms with Gasteiger partial charge in [-0.1, -0.05) is 199 Å². The van der Waals surface area contributed by atoms with E-state index in [4.69, 9.17) is 28.4 Å². The number of carbonyl (C=O) groups is 1. The van der Waals surface area contributed by atoms with Gasteiger partial charge in [0.2, 0.25) is 5.91 Å². The Labute approximate surface area is 467 Å². The van der Waals surface area contributed by atoms with Crippen LogP contribution in [0.2, 0.25) is 0 Å². The lowest BCUT2D eigenvalue weighted by atomic mass is 9.96. The van der Waals surface area contributed by atoms with Crippen molar-refractivity contribution in [3.05, 3.63) is 24.3 Å². The molecule has 0 bridgehead atoms. The van der Waals surface area contributed by atoms with E-state index in [0.717, 1.165) is 44.9 Å². The highest BCUT2D eigenvalue weighted by atomic mass is 16.8. The first kappa shape index (κ1) is 70.5. The van der Waals surface area contributed by atoms with E-state index in [1.165, 1.54) is 135 Å². The number of nitrogens with one attached hydrogen (secondary N) is 1. The van der Waals surface area contributed by atoms with E-state index >= 15 is 0 Å². The largest absolute Gasteiger partial charge is 0.394 e. The summed E-state index contributed by atoms with van der Waals surface area (Å²) < 4.78 is 34.2. The van der Waals surface area contributed by atoms with Crippen molar-refractivity contribution in [2.24, 2.45) is 0 Å². The Morgan fingerprint density at radius 2 is 0.821 bits per heavy atom. The predicted molar refractivity (Wildman–Crippen MR) is 296 cm³/mol. The topological polar surface area (TPSA) is 307 Å². The fourth-order valence-corrected chi connectivity index (χ4v) is 10.4. The number of rotatable bonds is 45. The summed E-state index contributed by atoms with van der Waals surface area (Å²) in [4.78, 5) is 13.3. The summed E-state index contributed by atoms with van der Waals surface area (Å²) in [6.45, 7) is 1.65. The Morgan fingerprint density at radius 1 is 0.449 bits per heavy atom. The number of aliphatic hydroxyl groups is 11. The summed E-state index contributed by atoms with van der Waals surface area (Å²) in [6, 6.07) is -0.983. The Morgan fingerprint density at radius 3 is 1.28 bits per heavy atom. The van der Waals surface area contributed by atoms with E-state index in [1.807, 2.05) is 6.08 Å². The van der Waals surface area contributed by atoms with Gasteiger partial charge in [-0.2, -0.15) is 0 Å². The maximum absolute atomic E-state index is 13.3. The van der Waals surface area contributed by atoms with Crippen molar-refractivity contribution in [1.29, 1.82) is 0 Å². The number of allylic oxidation sites excluding steroid dienone is 3. The number of unbranched alkanes of at least 4 members (excludes halogenated alkanes) is 27. The zero-order valence-electron chi connectivity index (χ0n) is 47.7. The third kappa shape index (κ3) is 26.7. The number of amides is 1. The SMILES string of the molecule is CCCCC/C=C/CC/C=C/C(O)C(COC1OC(CO)C(OC2OC(CO)C(OC3OC(CO)C(O)C(O)C3O)C(O)C2O)C(O)C1O)NC(=O)CCCCCCCCCCCCCCCCCCCCCCCCCC. The molecule has 0 radical (unpaired) electrons. The Kier molecular flexibility index (Phi) is 38.9. The number of aliphatic hydroxyl groups excluding tert-OH is 11. The first-order chi connectivity index (χ1) is 37.8. The van der Waals surface area contributed by atoms with Crippen molar-refractivity contribution >= 4 is 5.91 Å². The smallest absolute Gasteiger partial charge is 0.220 e. The molecule has 0 saturated carbocycles. The summed E-state index contributed by atoms with van der Waals surface area (Å²) in [5.74, 6) is -0.285. The van der Waals surface area contributed by atoms with Gasteiger partial charge in [-0.3, -0.25) is 4.79 Å². The second-order valence-electron chi connectivity index (χ2n) is 22.2. The normalized spacial score (nSPS) is 30.6. The number of hydrogen-bond acceptors (Lipinski definition) is 18. The van der Waals surface area contributed by atoms with E-state index in [9.17, 15) is 61.0 Å². The molecular weight excluding hydrogens is 1010 g/mol. The van der Waals surface area contributed by atoms with Crippen molar-refractivity contribution in [2.75, 3.05) is 26.4 Å². The molecule has 12 N–H and O–H groups in total. The van der Waals surface area contributed by atoms with Crippen molar-refractivity contribution < 1.29 is 89.4 Å². The van der Waals surface area contributed by atoms with E-state index < -0.39 is 124 Å². The van der Waals surface area contributed by atoms with Crippen LogP contribution >= 0.6 is 0 Å². The van der Waals surface area contributed by atoms with Crippen LogP contribution in [0.15, 0.2) is 24.3 Å². The quantitative estimate of drug-likeness (QED) is 0.0263. The van der Waals surface area contributed by atoms with Crippen LogP contribution in [0.1, 0.15) is 213 Å². The van der Waals surface area contributed by atoms with E-state index in [1.54, 1.807) is 6.08 Å². The van der Waals surface area contributed by atoms with Crippen molar-refractivity contribution in [3.63, 3.8) is 0 Å². The van der Waals surface area contributed by atoms with Gasteiger partial charge in [0, 0.05) is 6.42 Å². The lowest BCUT2D eigenvalue weighted by Gasteiger charge is -2.48. The second-order valence-corrected chi connectivity index (χ2v) is 22.2. The van der Waals surface area contributed by atoms with Gasteiger partial charge in [-0.05, 0) is 32.1 Å². The van der Waals surface area contributed by atoms with Crippen molar-refractivity contribution in [1.82, 2.24) is 5.32 Å². The van der Waals surface area contributed by atoms with E-state index in [0.29, 0.717) is 12.8 Å². The standard InChI is InChI=1S/C59H109NO18/c1-3-5-7-9-11-13-14-15-16-17-18-19-20-21-22-23-24-25-26-27-29-31-33-35-37-47(65)60-42(43(64)36-34-32-30-28-12-10-8-6-4-2)41-73-57-53(71)50(68)55(45(39-62)75-57)78-59-54(72)51(69)56(46(40-63)76-59)77-58-52(70)49(67)48(66)44(38-61)74-58/h12,28,34,36,42-46,48-59,61-64,66-72H,3-11,13-27,29-33,35,37-41H2,1-2H3,(H,60,65)/b28-12+,36-34+. The number of hydrogen-bond donors (Lipinski definition) is 12. The molecule has 19 heteroatoms. The zero-order chi connectivity index (χ0) is 56.9. The minimum absolute atomic E-state index is 0.240. The third-order valence-corrected chi connectivity index (χ3v) is 15.5. The molecule has 0 spiro atoms. The molecule has 3 fully saturated rings. The van der Waals surface area contributed by atoms with Crippen LogP contribution in [0.4, 0.5) is 0 Å². The van der Waals surface area contributed by atoms with E-state index in [2.05, 4.69) is 31.3 Å². The molecule has 17 unspecified atom stereocenters. The van der Waals surface area contributed by atoms with Crippen LogP contribution < -0.4 is 5.32 Å². The molecule has 3 aliphatic rings. The molecule has 3 saturated heterocycles. The lowest BCUT2D eigenvalue weighted by molar-refractivity contribution is -0.379. The Bertz CT molecular complexity index is 1530. The van der Waals surface area contributed by atoms with E-state index in [-0.39, 0.29) is 18.9 Å². The molecule has 458 valence electrons. The summed E-state index contributed by atoms with van der Waals surface area (Å²) in [7, 11) is 0. The molecule has 0 aromatic carbocycles. The van der Waals surface area contributed by atoms with Gasteiger partial charge in [0.25, 0.3) is 0 Å². The summed E-state index contributed by atoms with van der Waals surface area (Å²) in [6.07, 6.45) is 17.7. The maximum atomic E-state index is 13.3. The molecule has 17 atom stereocenters. The second kappa shape index (κ2) is 43.0. The van der Waals surface area contributed by atoms with Crippen LogP contribution in [0.3, 0.4) is 0 Å². The first-order valence-electron chi connectivity index (χ1n) is 30.6. The Balaban J connectivity index is 1.42. The van der Waals surface area contributed by atoms with Gasteiger partial charge in [0.15, 0.2) is 18.9 Å². The number of ether oxygens (including phenoxy) is 6. The lowest BCUT2D eigenvalue weighted by Crippen LogP contribution is -2.66. The van der Waals surface area contributed by atoms with Gasteiger partial charge in [0.1, 0.15) is 73.2 Å². The first-order valence-corrected chi connectivity index (χ1v) is 30.6. The molecular formula is C59H109NO18. The van der Waals surface area contributed by atoms with Crippen LogP contribution in [-0.2, 0) is 33.2 Å². The molecule has 3 heterocycles. The highest BCUT2D eigenvalue weighted by Crippen LogP contribution is 2.33. The minimum atomic E-state index is -1.98. The van der Waals surface area contributed by atoms with Crippen LogP contribution in [0.25, 0.3) is 0 Å². The Hall–Kier alpha value is -1.73. The molecule has 0 aromatic heterocycles. The molecule has 19 nitrogen and oxygen atoms in total. The van der Waals surface area contributed by atoms with Gasteiger partial charge in [0.05, 0.1) is 38.6 Å². The van der Waals surface area contributed by atoms with Gasteiger partial charge in [-0.25, -0.2) is 0 Å². The summed E-state index contributed by atoms with van der Waals surface area (Å²) in [5.41, 5.74) is 0. The molecule has 0 aromatic rings.